The molecule has 0 aliphatic carbocycles. The van der Waals surface area contributed by atoms with Gasteiger partial charge in [0.2, 0.25) is 0 Å². The number of nitrogens with one attached hydrogen (secondary N) is 2. The summed E-state index contributed by atoms with van der Waals surface area (Å²) < 4.78 is 0. The maximum Gasteiger partial charge on any atom is 0.404 e. The summed E-state index contributed by atoms with van der Waals surface area (Å²) in [7, 11) is 1.78. The van der Waals surface area contributed by atoms with E-state index in [1.807, 2.05) is 12.1 Å². The smallest absolute Gasteiger partial charge is 0.404 e. The average Bonchev–Trinajstić information content (AvgIpc) is 2.93. The van der Waals surface area contributed by atoms with Crippen LogP contribution in [0.4, 0.5) is 4.79 Å². The lowest BCUT2D eigenvalue weighted by molar-refractivity contribution is 0.0797. The van der Waals surface area contributed by atoms with Crippen LogP contribution in [0.15, 0.2) is 12.1 Å². The Morgan fingerprint density at radius 3 is 2.58 bits per heavy atom. The zero-order chi connectivity index (χ0) is 18.2. The van der Waals surface area contributed by atoms with Gasteiger partial charge in [0.15, 0.2) is 0 Å². The molecule has 0 spiro atoms. The normalized spacial score (nSPS) is 11.3. The van der Waals surface area contributed by atoms with Crippen molar-refractivity contribution in [1.29, 1.82) is 0 Å². The maximum absolute atomic E-state index is 12.4. The molecule has 3 N–H and O–H groups in total. The second-order valence-corrected chi connectivity index (χ2v) is 8.26. The molecule has 0 radical (unpaired) electrons. The molecule has 0 atom stereocenters. The van der Waals surface area contributed by atoms with E-state index >= 15 is 0 Å². The SMILES string of the molecule is CN(CCCCNC(=O)O)C(=O)c1ccc(CNCC(C)(C)C)s1. The molecule has 0 unspecified atom stereocenters. The zero-order valence-electron chi connectivity index (χ0n) is 15.0. The minimum atomic E-state index is -1.01. The molecule has 0 aliphatic heterocycles. The Bertz CT molecular complexity index is 537. The summed E-state index contributed by atoms with van der Waals surface area (Å²) in [5.41, 5.74) is 0.242. The standard InChI is InChI=1S/C17H29N3O3S/c1-17(2,3)12-18-11-13-7-8-14(24-13)15(21)20(4)10-6-5-9-19-16(22)23/h7-8,18-19H,5-6,9-12H2,1-4H3,(H,22,23). The highest BCUT2D eigenvalue weighted by Gasteiger charge is 2.14. The van der Waals surface area contributed by atoms with Gasteiger partial charge in [0.1, 0.15) is 0 Å². The van der Waals surface area contributed by atoms with Gasteiger partial charge in [0, 0.05) is 38.1 Å². The van der Waals surface area contributed by atoms with Crippen LogP contribution < -0.4 is 10.6 Å². The Kier molecular flexibility index (Phi) is 8.21. The molecule has 1 heterocycles. The Labute approximate surface area is 148 Å². The van der Waals surface area contributed by atoms with Crippen molar-refractivity contribution in [1.82, 2.24) is 15.5 Å². The number of carboxylic acid groups (broad SMARTS) is 1. The van der Waals surface area contributed by atoms with Gasteiger partial charge in [0.05, 0.1) is 4.88 Å². The fourth-order valence-corrected chi connectivity index (χ4v) is 3.08. The lowest BCUT2D eigenvalue weighted by Gasteiger charge is -2.18. The largest absolute Gasteiger partial charge is 0.465 e. The molecule has 0 aromatic carbocycles. The Morgan fingerprint density at radius 1 is 1.25 bits per heavy atom. The van der Waals surface area contributed by atoms with Gasteiger partial charge in [-0.2, -0.15) is 0 Å². The minimum absolute atomic E-state index is 0.0215. The molecule has 6 nitrogen and oxygen atoms in total. The van der Waals surface area contributed by atoms with Crippen LogP contribution in [0.1, 0.15) is 48.2 Å². The van der Waals surface area contributed by atoms with Crippen molar-refractivity contribution >= 4 is 23.3 Å². The van der Waals surface area contributed by atoms with Crippen LogP contribution in [0.2, 0.25) is 0 Å². The van der Waals surface area contributed by atoms with Crippen molar-refractivity contribution in [2.75, 3.05) is 26.7 Å². The van der Waals surface area contributed by atoms with Gasteiger partial charge in [-0.15, -0.1) is 11.3 Å². The first-order valence-corrected chi connectivity index (χ1v) is 9.02. The van der Waals surface area contributed by atoms with Gasteiger partial charge in [-0.05, 0) is 30.4 Å². The summed E-state index contributed by atoms with van der Waals surface area (Å²) in [5, 5.41) is 14.2. The predicted molar refractivity (Wildman–Crippen MR) is 97.7 cm³/mol. The molecule has 7 heteroatoms. The number of rotatable bonds is 9. The summed E-state index contributed by atoms with van der Waals surface area (Å²) in [6.45, 7) is 9.30. The number of unbranched alkanes of at least 4 members (excludes halogenated alkanes) is 1. The van der Waals surface area contributed by atoms with Gasteiger partial charge in [0.25, 0.3) is 5.91 Å². The fourth-order valence-electron chi connectivity index (χ4n) is 2.11. The van der Waals surface area contributed by atoms with Crippen molar-refractivity contribution in [3.8, 4) is 0 Å². The van der Waals surface area contributed by atoms with Crippen LogP contribution in [0.5, 0.6) is 0 Å². The predicted octanol–water partition coefficient (Wildman–Crippen LogP) is 3.00. The van der Waals surface area contributed by atoms with Gasteiger partial charge < -0.3 is 20.6 Å². The highest BCUT2D eigenvalue weighted by atomic mass is 32.1. The van der Waals surface area contributed by atoms with E-state index in [1.54, 1.807) is 11.9 Å². The van der Waals surface area contributed by atoms with Crippen LogP contribution in [0.25, 0.3) is 0 Å². The van der Waals surface area contributed by atoms with Crippen LogP contribution in [0.3, 0.4) is 0 Å². The van der Waals surface area contributed by atoms with E-state index in [1.165, 1.54) is 11.3 Å². The fraction of sp³-hybridized carbons (Fsp3) is 0.647. The van der Waals surface area contributed by atoms with Crippen LogP contribution in [-0.4, -0.2) is 48.7 Å². The zero-order valence-corrected chi connectivity index (χ0v) is 15.8. The highest BCUT2D eigenvalue weighted by Crippen LogP contribution is 2.19. The molecule has 1 aromatic rings. The third kappa shape index (κ3) is 8.31. The van der Waals surface area contributed by atoms with Crippen molar-refractivity contribution < 1.29 is 14.7 Å². The van der Waals surface area contributed by atoms with Crippen molar-refractivity contribution in [2.45, 2.75) is 40.2 Å². The van der Waals surface area contributed by atoms with Crippen molar-refractivity contribution in [3.63, 3.8) is 0 Å². The Hall–Kier alpha value is -1.60. The van der Waals surface area contributed by atoms with Crippen molar-refractivity contribution in [3.05, 3.63) is 21.9 Å². The Balaban J connectivity index is 2.35. The molecule has 2 amide bonds. The molecule has 0 saturated carbocycles. The van der Waals surface area contributed by atoms with Gasteiger partial charge >= 0.3 is 6.09 Å². The summed E-state index contributed by atoms with van der Waals surface area (Å²) in [6.07, 6.45) is 0.482. The van der Waals surface area contributed by atoms with Gasteiger partial charge in [-0.25, -0.2) is 4.79 Å². The van der Waals surface area contributed by atoms with E-state index in [0.29, 0.717) is 13.1 Å². The molecule has 0 saturated heterocycles. The Morgan fingerprint density at radius 2 is 1.96 bits per heavy atom. The van der Waals surface area contributed by atoms with E-state index in [9.17, 15) is 9.59 Å². The second kappa shape index (κ2) is 9.64. The van der Waals surface area contributed by atoms with Gasteiger partial charge in [-0.1, -0.05) is 20.8 Å². The number of hydrogen-bond donors (Lipinski definition) is 3. The number of hydrogen-bond acceptors (Lipinski definition) is 4. The lowest BCUT2D eigenvalue weighted by Crippen LogP contribution is -2.28. The van der Waals surface area contributed by atoms with E-state index < -0.39 is 6.09 Å². The highest BCUT2D eigenvalue weighted by molar-refractivity contribution is 7.14. The maximum atomic E-state index is 12.4. The molecule has 0 fully saturated rings. The second-order valence-electron chi connectivity index (χ2n) is 7.10. The summed E-state index contributed by atoms with van der Waals surface area (Å²) in [4.78, 5) is 26.3. The van der Waals surface area contributed by atoms with E-state index in [-0.39, 0.29) is 11.3 Å². The molecular formula is C17H29N3O3S. The molecule has 0 aliphatic rings. The molecule has 24 heavy (non-hydrogen) atoms. The molecular weight excluding hydrogens is 326 g/mol. The van der Waals surface area contributed by atoms with Crippen LogP contribution in [0, 0.1) is 5.41 Å². The first-order valence-electron chi connectivity index (χ1n) is 8.21. The molecule has 1 aromatic heterocycles. The monoisotopic (exact) mass is 355 g/mol. The van der Waals surface area contributed by atoms with E-state index in [2.05, 4.69) is 31.4 Å². The number of carbonyl (C=O) groups is 2. The molecule has 136 valence electrons. The topological polar surface area (TPSA) is 81.7 Å². The lowest BCUT2D eigenvalue weighted by atomic mass is 9.97. The number of nitrogens with zero attached hydrogens (tertiary/aromatic N) is 1. The minimum Gasteiger partial charge on any atom is -0.465 e. The van der Waals surface area contributed by atoms with E-state index in [0.717, 1.165) is 35.7 Å². The third-order valence-corrected chi connectivity index (χ3v) is 4.44. The third-order valence-electron chi connectivity index (χ3n) is 3.37. The summed E-state index contributed by atoms with van der Waals surface area (Å²) in [5.74, 6) is 0.0215. The van der Waals surface area contributed by atoms with E-state index in [4.69, 9.17) is 5.11 Å². The van der Waals surface area contributed by atoms with Crippen LogP contribution in [-0.2, 0) is 6.54 Å². The first-order chi connectivity index (χ1) is 11.2. The number of amides is 2. The first kappa shape index (κ1) is 20.4. The van der Waals surface area contributed by atoms with Crippen molar-refractivity contribution in [2.24, 2.45) is 5.41 Å². The summed E-state index contributed by atoms with van der Waals surface area (Å²) >= 11 is 1.52. The average molecular weight is 356 g/mol. The number of thiophene rings is 1. The van der Waals surface area contributed by atoms with Gasteiger partial charge in [-0.3, -0.25) is 4.79 Å². The molecule has 0 bridgehead atoms. The quantitative estimate of drug-likeness (QED) is 0.595. The van der Waals surface area contributed by atoms with Crippen LogP contribution >= 0.6 is 11.3 Å². The number of carbonyl (C=O) groups excluding carboxylic acids is 1. The summed E-state index contributed by atoms with van der Waals surface area (Å²) in [6, 6.07) is 3.88. The molecule has 1 rings (SSSR count).